The lowest BCUT2D eigenvalue weighted by Gasteiger charge is -2.26. The van der Waals surface area contributed by atoms with Gasteiger partial charge in [-0.2, -0.15) is 4.31 Å². The normalized spacial score (nSPS) is 16.0. The largest absolute Gasteiger partial charge is 0.379 e. The van der Waals surface area contributed by atoms with Crippen molar-refractivity contribution in [2.24, 2.45) is 7.05 Å². The molecule has 1 saturated heterocycles. The van der Waals surface area contributed by atoms with Gasteiger partial charge in [0.1, 0.15) is 0 Å². The van der Waals surface area contributed by atoms with Gasteiger partial charge >= 0.3 is 0 Å². The molecule has 2 heterocycles. The van der Waals surface area contributed by atoms with E-state index in [2.05, 4.69) is 10.3 Å². The number of aryl methyl sites for hydroxylation is 1. The number of hydrogen-bond acceptors (Lipinski definition) is 5. The minimum absolute atomic E-state index is 0.0152. The zero-order valence-corrected chi connectivity index (χ0v) is 14.0. The first-order valence-electron chi connectivity index (χ1n) is 7.46. The molecule has 3 rings (SSSR count). The van der Waals surface area contributed by atoms with Crippen LogP contribution in [0.3, 0.4) is 0 Å². The molecule has 0 saturated carbocycles. The molecule has 0 aliphatic carbocycles. The number of amides is 1. The molecule has 128 valence electrons. The summed E-state index contributed by atoms with van der Waals surface area (Å²) in [6.07, 6.45) is 3.23. The van der Waals surface area contributed by atoms with Gasteiger partial charge in [-0.1, -0.05) is 12.1 Å². The maximum Gasteiger partial charge on any atom is 0.259 e. The molecule has 2 aromatic rings. The Kier molecular flexibility index (Phi) is 4.65. The third kappa shape index (κ3) is 3.18. The molecule has 1 fully saturated rings. The van der Waals surface area contributed by atoms with Gasteiger partial charge in [-0.25, -0.2) is 13.4 Å². The van der Waals surface area contributed by atoms with Crippen molar-refractivity contribution in [3.63, 3.8) is 0 Å². The van der Waals surface area contributed by atoms with Gasteiger partial charge in [0, 0.05) is 32.5 Å². The number of anilines is 1. The number of ether oxygens (including phenoxy) is 1. The van der Waals surface area contributed by atoms with Crippen LogP contribution in [0.4, 0.5) is 5.95 Å². The molecule has 9 heteroatoms. The molecule has 1 aliphatic rings. The number of hydrogen-bond donors (Lipinski definition) is 1. The van der Waals surface area contributed by atoms with Crippen LogP contribution in [0.15, 0.2) is 41.6 Å². The average molecular weight is 350 g/mol. The summed E-state index contributed by atoms with van der Waals surface area (Å²) in [7, 11) is -2.03. The maximum atomic E-state index is 12.9. The molecule has 8 nitrogen and oxygen atoms in total. The predicted octanol–water partition coefficient (Wildman–Crippen LogP) is 0.693. The topological polar surface area (TPSA) is 93.5 Å². The first-order valence-corrected chi connectivity index (χ1v) is 8.90. The lowest BCUT2D eigenvalue weighted by molar-refractivity contribution is 0.0730. The molecule has 0 bridgehead atoms. The lowest BCUT2D eigenvalue weighted by Crippen LogP contribution is -2.41. The highest BCUT2D eigenvalue weighted by Crippen LogP contribution is 2.22. The number of nitrogens with one attached hydrogen (secondary N) is 1. The van der Waals surface area contributed by atoms with E-state index in [9.17, 15) is 13.2 Å². The van der Waals surface area contributed by atoms with Gasteiger partial charge in [0.25, 0.3) is 5.91 Å². The van der Waals surface area contributed by atoms with E-state index in [1.807, 2.05) is 0 Å². The van der Waals surface area contributed by atoms with Crippen LogP contribution < -0.4 is 5.32 Å². The van der Waals surface area contributed by atoms with E-state index >= 15 is 0 Å². The molecular formula is C15H18N4O4S. The fourth-order valence-electron chi connectivity index (χ4n) is 2.46. The molecule has 0 radical (unpaired) electrons. The summed E-state index contributed by atoms with van der Waals surface area (Å²) in [5.41, 5.74) is 0.0898. The van der Waals surface area contributed by atoms with E-state index < -0.39 is 15.9 Å². The molecular weight excluding hydrogens is 332 g/mol. The van der Waals surface area contributed by atoms with Crippen molar-refractivity contribution in [3.05, 3.63) is 42.2 Å². The first kappa shape index (κ1) is 16.6. The second-order valence-electron chi connectivity index (χ2n) is 5.33. The van der Waals surface area contributed by atoms with Crippen LogP contribution in [0.25, 0.3) is 0 Å². The summed E-state index contributed by atoms with van der Waals surface area (Å²) in [4.78, 5) is 16.5. The number of imidazole rings is 1. The quantitative estimate of drug-likeness (QED) is 0.876. The Labute approximate surface area is 140 Å². The first-order chi connectivity index (χ1) is 11.5. The smallest absolute Gasteiger partial charge is 0.259 e. The second-order valence-corrected chi connectivity index (χ2v) is 7.23. The van der Waals surface area contributed by atoms with Gasteiger partial charge in [-0.05, 0) is 12.1 Å². The Balaban J connectivity index is 1.93. The fraction of sp³-hybridized carbons (Fsp3) is 0.333. The van der Waals surface area contributed by atoms with Crippen molar-refractivity contribution in [2.75, 3.05) is 31.6 Å². The van der Waals surface area contributed by atoms with Gasteiger partial charge in [-0.15, -0.1) is 0 Å². The monoisotopic (exact) mass is 350 g/mol. The summed E-state index contributed by atoms with van der Waals surface area (Å²) in [6.45, 7) is 1.25. The van der Waals surface area contributed by atoms with Crippen LogP contribution in [0.5, 0.6) is 0 Å². The Hall–Kier alpha value is -2.23. The van der Waals surface area contributed by atoms with Crippen LogP contribution in [0, 0.1) is 0 Å². The molecule has 1 amide bonds. The minimum Gasteiger partial charge on any atom is -0.379 e. The summed E-state index contributed by atoms with van der Waals surface area (Å²) < 4.78 is 33.9. The molecule has 0 atom stereocenters. The highest BCUT2D eigenvalue weighted by atomic mass is 32.2. The van der Waals surface area contributed by atoms with E-state index in [-0.39, 0.29) is 23.5 Å². The van der Waals surface area contributed by atoms with Crippen LogP contribution >= 0.6 is 0 Å². The average Bonchev–Trinajstić information content (AvgIpc) is 3.00. The Morgan fingerprint density at radius 1 is 1.25 bits per heavy atom. The van der Waals surface area contributed by atoms with Gasteiger partial charge in [0.2, 0.25) is 16.0 Å². The van der Waals surface area contributed by atoms with Crippen molar-refractivity contribution in [1.82, 2.24) is 13.9 Å². The van der Waals surface area contributed by atoms with E-state index in [1.54, 1.807) is 36.1 Å². The number of morpholine rings is 1. The van der Waals surface area contributed by atoms with Crippen LogP contribution in [-0.2, 0) is 21.8 Å². The molecule has 1 aliphatic heterocycles. The molecule has 1 aromatic heterocycles. The van der Waals surface area contributed by atoms with E-state index in [0.717, 1.165) is 0 Å². The Morgan fingerprint density at radius 3 is 2.62 bits per heavy atom. The van der Waals surface area contributed by atoms with Gasteiger partial charge in [0.05, 0.1) is 23.7 Å². The second kappa shape index (κ2) is 6.71. The molecule has 24 heavy (non-hydrogen) atoms. The number of benzene rings is 1. The SMILES string of the molecule is Cn1ccnc1NC(=O)c1ccccc1S(=O)(=O)N1CCOCC1. The fourth-order valence-corrected chi connectivity index (χ4v) is 4.06. The van der Waals surface area contributed by atoms with Crippen LogP contribution in [0.2, 0.25) is 0 Å². The minimum atomic E-state index is -3.76. The number of aromatic nitrogens is 2. The number of nitrogens with zero attached hydrogens (tertiary/aromatic N) is 3. The van der Waals surface area contributed by atoms with Gasteiger partial charge in [-0.3, -0.25) is 10.1 Å². The zero-order valence-electron chi connectivity index (χ0n) is 13.2. The van der Waals surface area contributed by atoms with Gasteiger partial charge < -0.3 is 9.30 Å². The van der Waals surface area contributed by atoms with Crippen LogP contribution in [0.1, 0.15) is 10.4 Å². The van der Waals surface area contributed by atoms with Crippen molar-refractivity contribution < 1.29 is 17.9 Å². The summed E-state index contributed by atoms with van der Waals surface area (Å²) in [6, 6.07) is 6.17. The molecule has 0 spiro atoms. The third-order valence-electron chi connectivity index (χ3n) is 3.77. The number of carbonyl (C=O) groups is 1. The third-order valence-corrected chi connectivity index (χ3v) is 5.72. The zero-order chi connectivity index (χ0) is 17.2. The number of carbonyl (C=O) groups excluding carboxylic acids is 1. The summed E-state index contributed by atoms with van der Waals surface area (Å²) >= 11 is 0. The Morgan fingerprint density at radius 2 is 1.96 bits per heavy atom. The lowest BCUT2D eigenvalue weighted by atomic mass is 10.2. The maximum absolute atomic E-state index is 12.9. The van der Waals surface area contributed by atoms with Gasteiger partial charge in [0.15, 0.2) is 0 Å². The van der Waals surface area contributed by atoms with E-state index in [1.165, 1.54) is 16.4 Å². The van der Waals surface area contributed by atoms with Crippen molar-refractivity contribution in [2.45, 2.75) is 4.90 Å². The highest BCUT2D eigenvalue weighted by molar-refractivity contribution is 7.89. The summed E-state index contributed by atoms with van der Waals surface area (Å²) in [5.74, 6) is -0.171. The molecule has 0 unspecified atom stereocenters. The van der Waals surface area contributed by atoms with E-state index in [0.29, 0.717) is 19.2 Å². The highest BCUT2D eigenvalue weighted by Gasteiger charge is 2.30. The molecule has 1 aromatic carbocycles. The van der Waals surface area contributed by atoms with Crippen LogP contribution in [-0.4, -0.2) is 54.5 Å². The van der Waals surface area contributed by atoms with Crippen molar-refractivity contribution in [3.8, 4) is 0 Å². The summed E-state index contributed by atoms with van der Waals surface area (Å²) in [5, 5.41) is 2.63. The van der Waals surface area contributed by atoms with E-state index in [4.69, 9.17) is 4.74 Å². The van der Waals surface area contributed by atoms with Crippen molar-refractivity contribution in [1.29, 1.82) is 0 Å². The molecule has 1 N–H and O–H groups in total. The predicted molar refractivity (Wildman–Crippen MR) is 87.2 cm³/mol. The number of rotatable bonds is 4. The number of sulfonamides is 1. The van der Waals surface area contributed by atoms with Crippen molar-refractivity contribution >= 4 is 21.9 Å². The Bertz CT molecular complexity index is 841. The standard InChI is InChI=1S/C15H18N4O4S/c1-18-7-6-16-15(18)17-14(20)12-4-2-3-5-13(12)24(21,22)19-8-10-23-11-9-19/h2-7H,8-11H2,1H3,(H,16,17,20).